The number of phenols is 2. The van der Waals surface area contributed by atoms with E-state index in [1.54, 1.807) is 13.0 Å². The van der Waals surface area contributed by atoms with Crippen LogP contribution in [0.25, 0.3) is 0 Å². The van der Waals surface area contributed by atoms with Gasteiger partial charge in [0.25, 0.3) is 0 Å². The molecule has 0 aliphatic rings. The van der Waals surface area contributed by atoms with Crippen molar-refractivity contribution in [2.75, 3.05) is 0 Å². The van der Waals surface area contributed by atoms with Crippen LogP contribution < -0.4 is 5.43 Å². The summed E-state index contributed by atoms with van der Waals surface area (Å²) in [6.45, 7) is 5.65. The lowest BCUT2D eigenvalue weighted by Crippen LogP contribution is -2.21. The van der Waals surface area contributed by atoms with E-state index in [0.717, 1.165) is 16.7 Å². The predicted octanol–water partition coefficient (Wildman–Crippen LogP) is 2.80. The summed E-state index contributed by atoms with van der Waals surface area (Å²) >= 11 is 0. The molecule has 0 aliphatic carbocycles. The van der Waals surface area contributed by atoms with Gasteiger partial charge in [-0.25, -0.2) is 5.43 Å². The van der Waals surface area contributed by atoms with Crippen LogP contribution in [-0.2, 0) is 11.2 Å². The van der Waals surface area contributed by atoms with Crippen molar-refractivity contribution in [2.24, 2.45) is 5.10 Å². The number of hydrogen-bond donors (Lipinski definition) is 3. The molecular weight excluding hydrogens is 292 g/mol. The normalized spacial score (nSPS) is 11.3. The molecule has 5 heteroatoms. The molecule has 2 aromatic rings. The van der Waals surface area contributed by atoms with Crippen molar-refractivity contribution in [3.8, 4) is 11.5 Å². The van der Waals surface area contributed by atoms with E-state index in [-0.39, 0.29) is 23.8 Å². The number of carbonyl (C=O) groups excluding carboxylic acids is 1. The maximum Gasteiger partial charge on any atom is 0.244 e. The Morgan fingerprint density at radius 1 is 1.13 bits per heavy atom. The van der Waals surface area contributed by atoms with Crippen LogP contribution >= 0.6 is 0 Å². The maximum atomic E-state index is 12.0. The van der Waals surface area contributed by atoms with E-state index in [1.165, 1.54) is 12.1 Å². The van der Waals surface area contributed by atoms with Gasteiger partial charge in [-0.05, 0) is 44.0 Å². The summed E-state index contributed by atoms with van der Waals surface area (Å²) in [6, 6.07) is 10.2. The minimum Gasteiger partial charge on any atom is -0.508 e. The number of nitrogens with one attached hydrogen (secondary N) is 1. The van der Waals surface area contributed by atoms with Gasteiger partial charge in [0.05, 0.1) is 12.1 Å². The van der Waals surface area contributed by atoms with Crippen LogP contribution in [0.2, 0.25) is 0 Å². The minimum absolute atomic E-state index is 0.0297. The predicted molar refractivity (Wildman–Crippen MR) is 89.7 cm³/mol. The highest BCUT2D eigenvalue weighted by Gasteiger charge is 2.08. The van der Waals surface area contributed by atoms with Gasteiger partial charge in [-0.1, -0.05) is 23.8 Å². The number of rotatable bonds is 4. The molecule has 0 fully saturated rings. The number of benzene rings is 2. The lowest BCUT2D eigenvalue weighted by molar-refractivity contribution is -0.120. The molecule has 2 rings (SSSR count). The molecule has 5 nitrogen and oxygen atoms in total. The fourth-order valence-corrected chi connectivity index (χ4v) is 2.29. The van der Waals surface area contributed by atoms with Gasteiger partial charge < -0.3 is 10.2 Å². The average molecular weight is 312 g/mol. The molecule has 0 bridgehead atoms. The second-order valence-corrected chi connectivity index (χ2v) is 5.54. The van der Waals surface area contributed by atoms with Crippen molar-refractivity contribution < 1.29 is 15.0 Å². The smallest absolute Gasteiger partial charge is 0.244 e. The molecule has 0 saturated heterocycles. The zero-order chi connectivity index (χ0) is 17.0. The highest BCUT2D eigenvalue weighted by molar-refractivity contribution is 6.01. The number of aromatic hydroxyl groups is 2. The highest BCUT2D eigenvalue weighted by atomic mass is 16.3. The first-order chi connectivity index (χ1) is 10.9. The molecule has 0 aromatic heterocycles. The molecule has 23 heavy (non-hydrogen) atoms. The summed E-state index contributed by atoms with van der Waals surface area (Å²) in [5.74, 6) is -0.345. The molecule has 120 valence electrons. The number of amides is 1. The van der Waals surface area contributed by atoms with Crippen molar-refractivity contribution in [2.45, 2.75) is 27.2 Å². The molecule has 0 heterocycles. The van der Waals surface area contributed by atoms with Gasteiger partial charge >= 0.3 is 0 Å². The summed E-state index contributed by atoms with van der Waals surface area (Å²) in [4.78, 5) is 12.0. The zero-order valence-electron chi connectivity index (χ0n) is 13.4. The van der Waals surface area contributed by atoms with Gasteiger partial charge in [-0.3, -0.25) is 4.79 Å². The Bertz CT molecular complexity index is 767. The van der Waals surface area contributed by atoms with Gasteiger partial charge in [0.2, 0.25) is 5.91 Å². The number of carbonyl (C=O) groups is 1. The Hall–Kier alpha value is -2.82. The van der Waals surface area contributed by atoms with Crippen molar-refractivity contribution in [1.82, 2.24) is 5.43 Å². The topological polar surface area (TPSA) is 81.9 Å². The fraction of sp³-hybridized carbons (Fsp3) is 0.222. The van der Waals surface area contributed by atoms with Crippen LogP contribution in [0.3, 0.4) is 0 Å². The Labute approximate surface area is 135 Å². The Morgan fingerprint density at radius 3 is 2.52 bits per heavy atom. The van der Waals surface area contributed by atoms with E-state index in [0.29, 0.717) is 11.3 Å². The summed E-state index contributed by atoms with van der Waals surface area (Å²) in [5, 5.41) is 23.1. The quantitative estimate of drug-likeness (QED) is 0.600. The molecule has 0 atom stereocenters. The largest absolute Gasteiger partial charge is 0.508 e. The monoisotopic (exact) mass is 312 g/mol. The molecule has 0 saturated carbocycles. The van der Waals surface area contributed by atoms with Crippen LogP contribution in [0.1, 0.15) is 29.2 Å². The van der Waals surface area contributed by atoms with Gasteiger partial charge in [-0.15, -0.1) is 0 Å². The molecule has 3 N–H and O–H groups in total. The highest BCUT2D eigenvalue weighted by Crippen LogP contribution is 2.22. The van der Waals surface area contributed by atoms with E-state index in [9.17, 15) is 15.0 Å². The van der Waals surface area contributed by atoms with Crippen molar-refractivity contribution in [1.29, 1.82) is 0 Å². The molecule has 0 aliphatic heterocycles. The molecule has 0 unspecified atom stereocenters. The number of aryl methyl sites for hydroxylation is 2. The first-order valence-corrected chi connectivity index (χ1v) is 7.28. The van der Waals surface area contributed by atoms with Crippen molar-refractivity contribution >= 4 is 11.6 Å². The number of hydrazone groups is 1. The van der Waals surface area contributed by atoms with Crippen LogP contribution in [-0.4, -0.2) is 21.8 Å². The molecular formula is C18H20N2O3. The fourth-order valence-electron chi connectivity index (χ4n) is 2.29. The summed E-state index contributed by atoms with van der Waals surface area (Å²) in [7, 11) is 0. The van der Waals surface area contributed by atoms with Crippen molar-refractivity contribution in [3.05, 3.63) is 58.7 Å². The van der Waals surface area contributed by atoms with Crippen LogP contribution in [0.5, 0.6) is 11.5 Å². The van der Waals surface area contributed by atoms with Gasteiger partial charge in [0.1, 0.15) is 11.5 Å². The summed E-state index contributed by atoms with van der Waals surface area (Å²) < 4.78 is 0. The van der Waals surface area contributed by atoms with Crippen LogP contribution in [0.15, 0.2) is 41.5 Å². The standard InChI is InChI=1S/C18H20N2O3/c1-11-4-5-14(12(2)8-11)9-18(23)20-19-13(3)16-7-6-15(21)10-17(16)22/h4-8,10,21-22H,9H2,1-3H3,(H,20,23)/b19-13+. The first-order valence-electron chi connectivity index (χ1n) is 7.28. The summed E-state index contributed by atoms with van der Waals surface area (Å²) in [6.07, 6.45) is 0.241. The van der Waals surface area contributed by atoms with Gasteiger partial charge in [0.15, 0.2) is 0 Å². The Balaban J connectivity index is 2.05. The van der Waals surface area contributed by atoms with Crippen LogP contribution in [0, 0.1) is 13.8 Å². The number of nitrogens with zero attached hydrogens (tertiary/aromatic N) is 1. The third-order valence-corrected chi connectivity index (χ3v) is 3.57. The van der Waals surface area contributed by atoms with Crippen molar-refractivity contribution in [3.63, 3.8) is 0 Å². The number of hydrogen-bond acceptors (Lipinski definition) is 4. The van der Waals surface area contributed by atoms with Gasteiger partial charge in [0, 0.05) is 11.6 Å². The summed E-state index contributed by atoms with van der Waals surface area (Å²) in [5.41, 5.74) is 6.57. The van der Waals surface area contributed by atoms with E-state index >= 15 is 0 Å². The number of phenolic OH excluding ortho intramolecular Hbond substituents is 2. The van der Waals surface area contributed by atoms with E-state index < -0.39 is 0 Å². The lowest BCUT2D eigenvalue weighted by atomic mass is 10.0. The van der Waals surface area contributed by atoms with E-state index in [2.05, 4.69) is 10.5 Å². The average Bonchev–Trinajstić information content (AvgIpc) is 2.48. The maximum absolute atomic E-state index is 12.0. The van der Waals surface area contributed by atoms with Gasteiger partial charge in [-0.2, -0.15) is 5.10 Å². The Morgan fingerprint density at radius 2 is 1.87 bits per heavy atom. The third-order valence-electron chi connectivity index (χ3n) is 3.57. The third kappa shape index (κ3) is 4.32. The first kappa shape index (κ1) is 16.5. The molecule has 2 aromatic carbocycles. The zero-order valence-corrected chi connectivity index (χ0v) is 13.4. The molecule has 1 amide bonds. The lowest BCUT2D eigenvalue weighted by Gasteiger charge is -2.07. The van der Waals surface area contributed by atoms with Crippen LogP contribution in [0.4, 0.5) is 0 Å². The Kier molecular flexibility index (Phi) is 5.01. The molecule has 0 spiro atoms. The minimum atomic E-state index is -0.227. The molecule has 0 radical (unpaired) electrons. The van der Waals surface area contributed by atoms with E-state index in [1.807, 2.05) is 32.0 Å². The second-order valence-electron chi connectivity index (χ2n) is 5.54. The SMILES string of the molecule is C/C(=N\NC(=O)Cc1ccc(C)cc1C)c1ccc(O)cc1O. The van der Waals surface area contributed by atoms with E-state index in [4.69, 9.17) is 0 Å². The second kappa shape index (κ2) is 6.96.